The van der Waals surface area contributed by atoms with E-state index in [0.717, 1.165) is 22.2 Å². The molecule has 0 fully saturated rings. The van der Waals surface area contributed by atoms with Gasteiger partial charge in [-0.05, 0) is 41.0 Å². The maximum Gasteiger partial charge on any atom is 0.170 e. The van der Waals surface area contributed by atoms with Crippen LogP contribution in [0.4, 0.5) is 0 Å². The van der Waals surface area contributed by atoms with Gasteiger partial charge in [-0.15, -0.1) is 0 Å². The quantitative estimate of drug-likeness (QED) is 0.175. The van der Waals surface area contributed by atoms with Crippen molar-refractivity contribution >= 4 is 22.6 Å². The molecule has 7 nitrogen and oxygen atoms in total. The van der Waals surface area contributed by atoms with Crippen molar-refractivity contribution in [3.8, 4) is 11.5 Å². The zero-order chi connectivity index (χ0) is 29.9. The minimum atomic E-state index is -0.776. The summed E-state index contributed by atoms with van der Waals surface area (Å²) in [5, 5.41) is 15.9. The molecule has 0 bridgehead atoms. The number of fused-ring (bicyclic) bond motifs is 1. The summed E-state index contributed by atoms with van der Waals surface area (Å²) in [4.78, 5) is 9.52. The van der Waals surface area contributed by atoms with Crippen LogP contribution in [0.5, 0.6) is 11.5 Å². The Bertz CT molecular complexity index is 1930. The number of ether oxygens (including phenoxy) is 1. The van der Waals surface area contributed by atoms with E-state index in [1.807, 2.05) is 94.2 Å². The van der Waals surface area contributed by atoms with Gasteiger partial charge < -0.3 is 14.4 Å². The van der Waals surface area contributed by atoms with Gasteiger partial charge in [-0.1, -0.05) is 121 Å². The standard InChI is InChI=1S/C36H28ClN5O2/c37-29-19-10-11-21-31(29)44-32-22-12-20-30-35(32)39-34(24-43)41(30)23-33-38-25-42(40-33)36(26-13-4-1-5-14-26,27-15-6-2-7-16-27)28-17-8-3-9-18-28/h1-22,25,43H,23-24H2. The number of aliphatic hydroxyl groups excluding tert-OH is 1. The van der Waals surface area contributed by atoms with E-state index in [9.17, 15) is 5.11 Å². The predicted molar refractivity (Wildman–Crippen MR) is 171 cm³/mol. The maximum atomic E-state index is 10.3. The summed E-state index contributed by atoms with van der Waals surface area (Å²) in [6.45, 7) is 0.0340. The van der Waals surface area contributed by atoms with Crippen molar-refractivity contribution in [2.24, 2.45) is 0 Å². The molecule has 0 saturated heterocycles. The lowest BCUT2D eigenvalue weighted by Crippen LogP contribution is -2.38. The number of para-hydroxylation sites is 2. The number of aliphatic hydroxyl groups is 1. The van der Waals surface area contributed by atoms with Gasteiger partial charge in [-0.25, -0.2) is 14.6 Å². The van der Waals surface area contributed by atoms with Crippen LogP contribution >= 0.6 is 11.6 Å². The Hall–Kier alpha value is -5.24. The highest BCUT2D eigenvalue weighted by Crippen LogP contribution is 2.40. The summed E-state index contributed by atoms with van der Waals surface area (Å²) >= 11 is 6.36. The number of benzene rings is 5. The second kappa shape index (κ2) is 11.8. The van der Waals surface area contributed by atoms with E-state index in [1.54, 1.807) is 18.5 Å². The molecule has 0 aliphatic rings. The van der Waals surface area contributed by atoms with Crippen molar-refractivity contribution in [2.45, 2.75) is 18.7 Å². The summed E-state index contributed by atoms with van der Waals surface area (Å²) in [7, 11) is 0. The van der Waals surface area contributed by atoms with Gasteiger partial charge in [0.2, 0.25) is 0 Å². The number of imidazole rings is 1. The molecule has 2 heterocycles. The number of halogens is 1. The van der Waals surface area contributed by atoms with Gasteiger partial charge in [0.25, 0.3) is 0 Å². The van der Waals surface area contributed by atoms with Crippen LogP contribution in [0.25, 0.3) is 11.0 Å². The zero-order valence-electron chi connectivity index (χ0n) is 23.7. The molecule has 7 rings (SSSR count). The number of hydrogen-bond donors (Lipinski definition) is 1. The Morgan fingerprint density at radius 2 is 1.25 bits per heavy atom. The molecular formula is C36H28ClN5O2. The average Bonchev–Trinajstić information content (AvgIpc) is 3.70. The molecule has 5 aromatic carbocycles. The molecule has 2 aromatic heterocycles. The predicted octanol–water partition coefficient (Wildman–Crippen LogP) is 7.45. The first-order valence-corrected chi connectivity index (χ1v) is 14.6. The largest absolute Gasteiger partial charge is 0.453 e. The monoisotopic (exact) mass is 597 g/mol. The van der Waals surface area contributed by atoms with Crippen LogP contribution in [-0.4, -0.2) is 29.4 Å². The maximum absolute atomic E-state index is 10.3. The molecule has 8 heteroatoms. The Kier molecular flexibility index (Phi) is 7.40. The van der Waals surface area contributed by atoms with E-state index in [2.05, 4.69) is 36.4 Å². The first-order chi connectivity index (χ1) is 21.7. The van der Waals surface area contributed by atoms with Gasteiger partial charge >= 0.3 is 0 Å². The molecule has 0 atom stereocenters. The topological polar surface area (TPSA) is 78.0 Å². The molecule has 216 valence electrons. The van der Waals surface area contributed by atoms with Crippen molar-refractivity contribution in [1.29, 1.82) is 0 Å². The normalized spacial score (nSPS) is 11.6. The van der Waals surface area contributed by atoms with E-state index in [0.29, 0.717) is 40.2 Å². The van der Waals surface area contributed by atoms with Crippen molar-refractivity contribution in [1.82, 2.24) is 24.3 Å². The Balaban J connectivity index is 1.34. The van der Waals surface area contributed by atoms with Crippen molar-refractivity contribution in [3.63, 3.8) is 0 Å². The first-order valence-electron chi connectivity index (χ1n) is 14.3. The number of rotatable bonds is 9. The van der Waals surface area contributed by atoms with Crippen LogP contribution in [0.3, 0.4) is 0 Å². The molecule has 0 radical (unpaired) electrons. The number of aromatic nitrogens is 5. The minimum Gasteiger partial charge on any atom is -0.453 e. The third kappa shape index (κ3) is 4.82. The van der Waals surface area contributed by atoms with Gasteiger partial charge in [0.05, 0.1) is 17.1 Å². The fraction of sp³-hybridized carbons (Fsp3) is 0.0833. The molecule has 0 amide bonds. The minimum absolute atomic E-state index is 0.261. The van der Waals surface area contributed by atoms with Gasteiger partial charge in [-0.3, -0.25) is 0 Å². The second-order valence-electron chi connectivity index (χ2n) is 10.3. The first kappa shape index (κ1) is 27.6. The molecular weight excluding hydrogens is 570 g/mol. The highest BCUT2D eigenvalue weighted by molar-refractivity contribution is 6.32. The smallest absolute Gasteiger partial charge is 0.170 e. The summed E-state index contributed by atoms with van der Waals surface area (Å²) in [5.74, 6) is 2.12. The highest BCUT2D eigenvalue weighted by Gasteiger charge is 2.39. The van der Waals surface area contributed by atoms with Crippen LogP contribution in [0.2, 0.25) is 5.02 Å². The van der Waals surface area contributed by atoms with Gasteiger partial charge in [-0.2, -0.15) is 5.10 Å². The van der Waals surface area contributed by atoms with Crippen molar-refractivity contribution in [3.05, 3.63) is 173 Å². The number of nitrogens with zero attached hydrogens (tertiary/aromatic N) is 5. The van der Waals surface area contributed by atoms with E-state index in [4.69, 9.17) is 31.4 Å². The molecule has 7 aromatic rings. The Morgan fingerprint density at radius 3 is 1.84 bits per heavy atom. The molecule has 44 heavy (non-hydrogen) atoms. The SMILES string of the molecule is OCc1nc2c(Oc3ccccc3Cl)cccc2n1Cc1ncn(C(c2ccccc2)(c2ccccc2)c2ccccc2)n1. The van der Waals surface area contributed by atoms with Crippen LogP contribution in [0, 0.1) is 0 Å². The molecule has 0 aliphatic carbocycles. The molecule has 1 N–H and O–H groups in total. The summed E-state index contributed by atoms with van der Waals surface area (Å²) < 4.78 is 10.0. The van der Waals surface area contributed by atoms with E-state index in [1.165, 1.54) is 0 Å². The zero-order valence-corrected chi connectivity index (χ0v) is 24.4. The molecule has 0 aliphatic heterocycles. The van der Waals surface area contributed by atoms with Crippen molar-refractivity contribution < 1.29 is 9.84 Å². The van der Waals surface area contributed by atoms with E-state index < -0.39 is 5.54 Å². The van der Waals surface area contributed by atoms with Crippen LogP contribution < -0.4 is 4.74 Å². The summed E-state index contributed by atoms with van der Waals surface area (Å²) in [5.41, 5.74) is 3.79. The Labute approximate surface area is 259 Å². The van der Waals surface area contributed by atoms with Gasteiger partial charge in [0.1, 0.15) is 35.6 Å². The second-order valence-corrected chi connectivity index (χ2v) is 10.7. The van der Waals surface area contributed by atoms with Gasteiger partial charge in [0, 0.05) is 0 Å². The highest BCUT2D eigenvalue weighted by atomic mass is 35.5. The third-order valence-electron chi connectivity index (χ3n) is 7.78. The molecule has 0 spiro atoms. The van der Waals surface area contributed by atoms with E-state index in [-0.39, 0.29) is 6.61 Å². The van der Waals surface area contributed by atoms with Crippen LogP contribution in [0.1, 0.15) is 28.3 Å². The summed E-state index contributed by atoms with van der Waals surface area (Å²) in [6.07, 6.45) is 1.78. The fourth-order valence-electron chi connectivity index (χ4n) is 5.80. The molecule has 0 saturated carbocycles. The Morgan fingerprint density at radius 1 is 0.682 bits per heavy atom. The molecule has 0 unspecified atom stereocenters. The van der Waals surface area contributed by atoms with Crippen LogP contribution in [0.15, 0.2) is 140 Å². The lowest BCUT2D eigenvalue weighted by atomic mass is 9.77. The van der Waals surface area contributed by atoms with Gasteiger partial charge in [0.15, 0.2) is 11.6 Å². The number of hydrogen-bond acceptors (Lipinski definition) is 5. The lowest BCUT2D eigenvalue weighted by molar-refractivity contribution is 0.266. The van der Waals surface area contributed by atoms with Crippen LogP contribution in [-0.2, 0) is 18.7 Å². The lowest BCUT2D eigenvalue weighted by Gasteiger charge is -2.35. The fourth-order valence-corrected chi connectivity index (χ4v) is 5.98. The third-order valence-corrected chi connectivity index (χ3v) is 8.09. The van der Waals surface area contributed by atoms with Crippen molar-refractivity contribution in [2.75, 3.05) is 0 Å². The summed E-state index contributed by atoms with van der Waals surface area (Å²) in [6, 6.07) is 44.0. The van der Waals surface area contributed by atoms with E-state index >= 15 is 0 Å². The average molecular weight is 598 g/mol.